The monoisotopic (exact) mass is 1050 g/mol. The molecule has 9 heterocycles. The number of aromatic nitrogens is 12. The molecule has 3 fully saturated rings. The standard InChI is InChI=1S/C33H44N15O19P3/c1-57-21-14(5-60-68(51,52)59-3)64-32(47-11-44-17-26(35)38-8-41-29(17)47)23(21)67-70(55,56)62-6-15-22(58-2)24(33(65-15)48-12-45-18-27(36)39-9-42-30(18)48)66-69(53,54)61-4-13-19(49)20(50)31(63-13)46-10-43-16-25(34)37-7-40-28(16)46/h7-15,19-24,31-33,49-50H,4-6H2,1-3H3,(H,51,52)(H,53,54)(H,55,56)(H2,34,37,40)(H2,35,38,41)(H2,36,39,42). The summed E-state index contributed by atoms with van der Waals surface area (Å²) in [5.74, 6) is 0.00407. The number of nitrogens with two attached hydrogens (primary N) is 3. The molecule has 0 spiro atoms. The summed E-state index contributed by atoms with van der Waals surface area (Å²) in [6, 6.07) is 0. The highest BCUT2D eigenvalue weighted by atomic mass is 31.2. The Hall–Kier alpha value is -4.90. The number of imidazole rings is 3. The first-order valence-electron chi connectivity index (χ1n) is 20.4. The maximum Gasteiger partial charge on any atom is 0.472 e. The number of anilines is 3. The molecule has 34 nitrogen and oxygen atoms in total. The van der Waals surface area contributed by atoms with Crippen molar-refractivity contribution in [3.63, 3.8) is 0 Å². The van der Waals surface area contributed by atoms with Gasteiger partial charge in [-0.1, -0.05) is 0 Å². The second-order valence-electron chi connectivity index (χ2n) is 15.4. The molecule has 9 rings (SSSR count). The van der Waals surface area contributed by atoms with Gasteiger partial charge in [-0.05, 0) is 0 Å². The van der Waals surface area contributed by atoms with E-state index in [4.69, 9.17) is 63.5 Å². The molecule has 37 heteroatoms. The highest BCUT2D eigenvalue weighted by Crippen LogP contribution is 2.54. The summed E-state index contributed by atoms with van der Waals surface area (Å²) in [5, 5.41) is 21.8. The number of phosphoric acid groups is 3. The van der Waals surface area contributed by atoms with E-state index in [9.17, 15) is 38.6 Å². The van der Waals surface area contributed by atoms with Gasteiger partial charge >= 0.3 is 23.5 Å². The molecule has 0 amide bonds. The molecule has 3 aliphatic heterocycles. The van der Waals surface area contributed by atoms with Gasteiger partial charge in [0.15, 0.2) is 53.1 Å². The number of phosphoric ester groups is 3. The van der Waals surface area contributed by atoms with E-state index in [1.807, 2.05) is 0 Å². The number of ether oxygens (including phenoxy) is 5. The van der Waals surface area contributed by atoms with Crippen molar-refractivity contribution in [2.45, 2.75) is 73.6 Å². The lowest BCUT2D eigenvalue weighted by Gasteiger charge is -2.27. The predicted molar refractivity (Wildman–Crippen MR) is 229 cm³/mol. The van der Waals surface area contributed by atoms with Crippen molar-refractivity contribution in [1.82, 2.24) is 58.6 Å². The van der Waals surface area contributed by atoms with Gasteiger partial charge in [0.1, 0.15) is 90.5 Å². The number of hydrogen-bond donors (Lipinski definition) is 8. The van der Waals surface area contributed by atoms with E-state index in [1.165, 1.54) is 46.9 Å². The Labute approximate surface area is 391 Å². The van der Waals surface area contributed by atoms with Crippen LogP contribution in [-0.4, -0.2) is 180 Å². The molecular weight excluding hydrogens is 1000 g/mol. The van der Waals surface area contributed by atoms with Gasteiger partial charge < -0.3 is 65.8 Å². The first-order valence-corrected chi connectivity index (χ1v) is 24.8. The van der Waals surface area contributed by atoms with Crippen LogP contribution >= 0.6 is 23.5 Å². The van der Waals surface area contributed by atoms with Crippen LogP contribution in [0.2, 0.25) is 0 Å². The molecule has 3 saturated heterocycles. The molecule has 6 aromatic heterocycles. The molecule has 6 aromatic rings. The van der Waals surface area contributed by atoms with Crippen LogP contribution in [0.1, 0.15) is 18.7 Å². The van der Waals surface area contributed by atoms with Gasteiger partial charge in [-0.25, -0.2) is 58.6 Å². The number of rotatable bonds is 19. The average Bonchev–Trinajstić information content (AvgIpc) is 4.19. The molecule has 0 radical (unpaired) electrons. The molecule has 380 valence electrons. The molecule has 0 saturated carbocycles. The normalized spacial score (nSPS) is 30.9. The van der Waals surface area contributed by atoms with Gasteiger partial charge in [-0.2, -0.15) is 0 Å². The molecule has 3 aliphatic rings. The summed E-state index contributed by atoms with van der Waals surface area (Å²) < 4.78 is 105. The summed E-state index contributed by atoms with van der Waals surface area (Å²) in [5.41, 5.74) is 18.7. The van der Waals surface area contributed by atoms with Gasteiger partial charge in [0, 0.05) is 21.3 Å². The topological polar surface area (TPSA) is 463 Å². The van der Waals surface area contributed by atoms with Crippen LogP contribution in [0, 0.1) is 0 Å². The van der Waals surface area contributed by atoms with E-state index in [-0.39, 0.29) is 50.9 Å². The van der Waals surface area contributed by atoms with Crippen LogP contribution in [0.25, 0.3) is 33.5 Å². The number of hydrogen-bond acceptors (Lipinski definition) is 28. The van der Waals surface area contributed by atoms with Gasteiger partial charge in [0.05, 0.1) is 38.8 Å². The van der Waals surface area contributed by atoms with Crippen LogP contribution in [-0.2, 0) is 64.5 Å². The van der Waals surface area contributed by atoms with Crippen molar-refractivity contribution in [3.05, 3.63) is 38.0 Å². The van der Waals surface area contributed by atoms with Crippen molar-refractivity contribution in [3.8, 4) is 0 Å². The number of fused-ring (bicyclic) bond motifs is 3. The maximum atomic E-state index is 14.0. The molecule has 0 aliphatic carbocycles. The summed E-state index contributed by atoms with van der Waals surface area (Å²) in [6.45, 7) is -2.31. The highest BCUT2D eigenvalue weighted by Gasteiger charge is 2.54. The first kappa shape index (κ1) is 50.1. The van der Waals surface area contributed by atoms with Gasteiger partial charge in [0.25, 0.3) is 0 Å². The smallest absolute Gasteiger partial charge is 0.387 e. The molecule has 0 aromatic carbocycles. The quantitative estimate of drug-likeness (QED) is 0.0426. The van der Waals surface area contributed by atoms with Crippen LogP contribution < -0.4 is 17.2 Å². The Balaban J connectivity index is 0.940. The highest BCUT2D eigenvalue weighted by molar-refractivity contribution is 7.47. The van der Waals surface area contributed by atoms with Crippen molar-refractivity contribution < 1.29 is 89.4 Å². The van der Waals surface area contributed by atoms with Gasteiger partial charge in [-0.3, -0.25) is 40.8 Å². The lowest BCUT2D eigenvalue weighted by atomic mass is 10.1. The average molecular weight is 1050 g/mol. The van der Waals surface area contributed by atoms with Gasteiger partial charge in [0.2, 0.25) is 0 Å². The molecule has 15 atom stereocenters. The number of aliphatic hydroxyl groups excluding tert-OH is 2. The zero-order chi connectivity index (χ0) is 49.9. The SMILES string of the molecule is COC1C(COP(=O)(O)OC)OC(n2cnc3c(N)ncnc32)C1OP(=O)(O)OCC1OC(n2cnc3c(N)ncnc32)C(OP(=O)(O)OCC2OC(n3cnc4c(N)ncnc43)C(O)C2O)C1OC. The van der Waals surface area contributed by atoms with Crippen molar-refractivity contribution in [2.24, 2.45) is 0 Å². The Morgan fingerprint density at radius 1 is 0.514 bits per heavy atom. The fourth-order valence-electron chi connectivity index (χ4n) is 8.12. The fourth-order valence-corrected chi connectivity index (χ4v) is 10.4. The first-order chi connectivity index (χ1) is 33.3. The predicted octanol–water partition coefficient (Wildman–Crippen LogP) is -1.54. The van der Waals surface area contributed by atoms with Gasteiger partial charge in [-0.15, -0.1) is 0 Å². The van der Waals surface area contributed by atoms with E-state index in [0.29, 0.717) is 0 Å². The zero-order valence-electron chi connectivity index (χ0n) is 36.4. The third-order valence-corrected chi connectivity index (χ3v) is 14.3. The van der Waals surface area contributed by atoms with Crippen molar-refractivity contribution in [2.75, 3.05) is 58.4 Å². The zero-order valence-corrected chi connectivity index (χ0v) is 39.1. The Kier molecular flexibility index (Phi) is 14.0. The molecule has 11 N–H and O–H groups in total. The number of methoxy groups -OCH3 is 2. The van der Waals surface area contributed by atoms with Crippen LogP contribution in [0.5, 0.6) is 0 Å². The molecule has 70 heavy (non-hydrogen) atoms. The molecular formula is C33H44N15O19P3. The van der Waals surface area contributed by atoms with Crippen LogP contribution in [0.4, 0.5) is 17.5 Å². The summed E-state index contributed by atoms with van der Waals surface area (Å²) in [7, 11) is -11.8. The molecule has 0 bridgehead atoms. The second kappa shape index (κ2) is 19.6. The fraction of sp³-hybridized carbons (Fsp3) is 0.545. The lowest BCUT2D eigenvalue weighted by Crippen LogP contribution is -2.38. The third kappa shape index (κ3) is 9.61. The van der Waals surface area contributed by atoms with E-state index < -0.39 is 117 Å². The Bertz CT molecular complexity index is 3010. The number of aliphatic hydroxyl groups is 2. The lowest BCUT2D eigenvalue weighted by molar-refractivity contribution is -0.0651. The largest absolute Gasteiger partial charge is 0.472 e. The minimum absolute atomic E-state index is 0.00797. The summed E-state index contributed by atoms with van der Waals surface area (Å²) in [4.78, 5) is 69.3. The second-order valence-corrected chi connectivity index (χ2v) is 19.8. The maximum absolute atomic E-state index is 14.0. The van der Waals surface area contributed by atoms with E-state index in [2.05, 4.69) is 49.4 Å². The van der Waals surface area contributed by atoms with Crippen LogP contribution in [0.15, 0.2) is 38.0 Å². The minimum atomic E-state index is -5.29. The number of nitrogen functional groups attached to an aromatic ring is 3. The van der Waals surface area contributed by atoms with E-state index in [0.717, 1.165) is 26.1 Å². The Morgan fingerprint density at radius 2 is 0.871 bits per heavy atom. The van der Waals surface area contributed by atoms with E-state index in [1.54, 1.807) is 0 Å². The van der Waals surface area contributed by atoms with E-state index >= 15 is 0 Å². The summed E-state index contributed by atoms with van der Waals surface area (Å²) >= 11 is 0. The Morgan fingerprint density at radius 3 is 1.26 bits per heavy atom. The van der Waals surface area contributed by atoms with Crippen molar-refractivity contribution >= 4 is 74.4 Å². The molecule has 15 unspecified atom stereocenters. The number of nitrogens with zero attached hydrogens (tertiary/aromatic N) is 12. The minimum Gasteiger partial charge on any atom is -0.387 e. The summed E-state index contributed by atoms with van der Waals surface area (Å²) in [6.07, 6.45) is -10.4. The van der Waals surface area contributed by atoms with Crippen LogP contribution in [0.3, 0.4) is 0 Å². The third-order valence-electron chi connectivity index (χ3n) is 11.4. The van der Waals surface area contributed by atoms with Crippen molar-refractivity contribution in [1.29, 1.82) is 0 Å².